The van der Waals surface area contributed by atoms with Gasteiger partial charge in [-0.2, -0.15) is 0 Å². The van der Waals surface area contributed by atoms with Crippen LogP contribution in [0.2, 0.25) is 0 Å². The zero-order valence-corrected chi connectivity index (χ0v) is 9.17. The summed E-state index contributed by atoms with van der Waals surface area (Å²) in [5.41, 5.74) is 9.77. The number of hydrogen-bond donors (Lipinski definition) is 1. The van der Waals surface area contributed by atoms with E-state index in [0.29, 0.717) is 0 Å². The third kappa shape index (κ3) is 1.61. The Hall–Kier alpha value is -2.42. The highest BCUT2D eigenvalue weighted by Gasteiger charge is 2.06. The molecule has 1 aromatic carbocycles. The minimum atomic E-state index is 0.753. The molecule has 3 nitrogen and oxygen atoms in total. The quantitative estimate of drug-likeness (QED) is 0.687. The molecule has 0 bridgehead atoms. The second-order valence-electron chi connectivity index (χ2n) is 3.84. The van der Waals surface area contributed by atoms with Crippen LogP contribution >= 0.6 is 0 Å². The highest BCUT2D eigenvalue weighted by molar-refractivity contribution is 5.97. The van der Waals surface area contributed by atoms with Crippen molar-refractivity contribution in [1.29, 1.82) is 0 Å². The number of nitrogen functional groups attached to an aromatic ring is 1. The van der Waals surface area contributed by atoms with Gasteiger partial charge >= 0.3 is 0 Å². The molecule has 0 radical (unpaired) electrons. The summed E-state index contributed by atoms with van der Waals surface area (Å²) in [4.78, 5) is 8.51. The summed E-state index contributed by atoms with van der Waals surface area (Å²) >= 11 is 0. The Morgan fingerprint density at radius 1 is 0.941 bits per heavy atom. The zero-order chi connectivity index (χ0) is 11.7. The van der Waals surface area contributed by atoms with E-state index < -0.39 is 0 Å². The third-order valence-corrected chi connectivity index (χ3v) is 2.79. The molecule has 0 aliphatic rings. The number of rotatable bonds is 1. The van der Waals surface area contributed by atoms with Crippen molar-refractivity contribution in [3.05, 3.63) is 55.0 Å². The van der Waals surface area contributed by atoms with Gasteiger partial charge in [-0.25, -0.2) is 0 Å². The minimum Gasteiger partial charge on any atom is -0.398 e. The SMILES string of the molecule is Nc1c(-c2cccnc2)cnc2ccccc12. The first kappa shape index (κ1) is 9.78. The van der Waals surface area contributed by atoms with Gasteiger partial charge in [0.1, 0.15) is 0 Å². The summed E-state index contributed by atoms with van der Waals surface area (Å²) in [6, 6.07) is 11.7. The van der Waals surface area contributed by atoms with Gasteiger partial charge in [0.05, 0.1) is 11.2 Å². The summed E-state index contributed by atoms with van der Waals surface area (Å²) in [6.07, 6.45) is 5.34. The largest absolute Gasteiger partial charge is 0.398 e. The summed E-state index contributed by atoms with van der Waals surface area (Å²) in [5.74, 6) is 0. The number of para-hydroxylation sites is 1. The van der Waals surface area contributed by atoms with E-state index in [0.717, 1.165) is 27.7 Å². The molecule has 0 unspecified atom stereocenters. The first-order valence-electron chi connectivity index (χ1n) is 5.40. The molecule has 82 valence electrons. The van der Waals surface area contributed by atoms with Gasteiger partial charge in [0.2, 0.25) is 0 Å². The second-order valence-corrected chi connectivity index (χ2v) is 3.84. The van der Waals surface area contributed by atoms with E-state index in [2.05, 4.69) is 9.97 Å². The monoisotopic (exact) mass is 221 g/mol. The Balaban J connectivity index is 2.29. The van der Waals surface area contributed by atoms with Gasteiger partial charge in [0, 0.05) is 35.1 Å². The number of nitrogens with two attached hydrogens (primary N) is 1. The van der Waals surface area contributed by atoms with Crippen LogP contribution in [0.4, 0.5) is 5.69 Å². The highest BCUT2D eigenvalue weighted by Crippen LogP contribution is 2.30. The van der Waals surface area contributed by atoms with E-state index in [1.165, 1.54) is 0 Å². The molecule has 0 saturated heterocycles. The van der Waals surface area contributed by atoms with Crippen LogP contribution in [-0.4, -0.2) is 9.97 Å². The molecule has 0 amide bonds. The van der Waals surface area contributed by atoms with Gasteiger partial charge < -0.3 is 5.73 Å². The van der Waals surface area contributed by atoms with Gasteiger partial charge in [0.15, 0.2) is 0 Å². The molecule has 0 spiro atoms. The van der Waals surface area contributed by atoms with Crippen LogP contribution in [0.1, 0.15) is 0 Å². The van der Waals surface area contributed by atoms with Crippen LogP contribution in [-0.2, 0) is 0 Å². The number of pyridine rings is 2. The van der Waals surface area contributed by atoms with Gasteiger partial charge in [0.25, 0.3) is 0 Å². The number of aromatic nitrogens is 2. The lowest BCUT2D eigenvalue weighted by Gasteiger charge is -2.07. The van der Waals surface area contributed by atoms with Crippen molar-refractivity contribution < 1.29 is 0 Å². The van der Waals surface area contributed by atoms with Crippen molar-refractivity contribution in [2.75, 3.05) is 5.73 Å². The molecule has 3 aromatic rings. The second kappa shape index (κ2) is 3.87. The first-order chi connectivity index (χ1) is 8.36. The molecule has 0 aliphatic carbocycles. The standard InChI is InChI=1S/C14H11N3/c15-14-11-5-1-2-6-13(11)17-9-12(14)10-4-3-7-16-8-10/h1-9H,(H2,15,17). The molecular weight excluding hydrogens is 210 g/mol. The molecular formula is C14H11N3. The molecule has 0 aliphatic heterocycles. The molecule has 3 heteroatoms. The maximum atomic E-state index is 6.18. The average Bonchev–Trinajstić information content (AvgIpc) is 2.40. The van der Waals surface area contributed by atoms with Crippen LogP contribution in [0, 0.1) is 0 Å². The maximum Gasteiger partial charge on any atom is 0.0723 e. The highest BCUT2D eigenvalue weighted by atomic mass is 14.7. The molecule has 2 N–H and O–H groups in total. The van der Waals surface area contributed by atoms with Crippen molar-refractivity contribution in [3.8, 4) is 11.1 Å². The molecule has 17 heavy (non-hydrogen) atoms. The lowest BCUT2D eigenvalue weighted by molar-refractivity contribution is 1.32. The van der Waals surface area contributed by atoms with E-state index in [4.69, 9.17) is 5.73 Å². The average molecular weight is 221 g/mol. The number of benzene rings is 1. The predicted molar refractivity (Wildman–Crippen MR) is 69.4 cm³/mol. The summed E-state index contributed by atoms with van der Waals surface area (Å²) in [7, 11) is 0. The Labute approximate surface area is 98.9 Å². The fourth-order valence-electron chi connectivity index (χ4n) is 1.91. The fraction of sp³-hybridized carbons (Fsp3) is 0. The minimum absolute atomic E-state index is 0.753. The molecule has 3 rings (SSSR count). The normalized spacial score (nSPS) is 10.6. The van der Waals surface area contributed by atoms with Gasteiger partial charge in [-0.3, -0.25) is 9.97 Å². The Kier molecular flexibility index (Phi) is 2.22. The van der Waals surface area contributed by atoms with E-state index in [1.807, 2.05) is 36.4 Å². The smallest absolute Gasteiger partial charge is 0.0723 e. The van der Waals surface area contributed by atoms with Crippen LogP contribution in [0.15, 0.2) is 55.0 Å². The van der Waals surface area contributed by atoms with Crippen molar-refractivity contribution in [3.63, 3.8) is 0 Å². The van der Waals surface area contributed by atoms with Gasteiger partial charge in [-0.1, -0.05) is 24.3 Å². The molecule has 2 aromatic heterocycles. The Bertz CT molecular complexity index is 663. The van der Waals surface area contributed by atoms with Crippen molar-refractivity contribution in [2.45, 2.75) is 0 Å². The summed E-state index contributed by atoms with van der Waals surface area (Å²) in [6.45, 7) is 0. The summed E-state index contributed by atoms with van der Waals surface area (Å²) in [5, 5.41) is 0.980. The van der Waals surface area contributed by atoms with Gasteiger partial charge in [-0.05, 0) is 12.1 Å². The molecule has 0 saturated carbocycles. The topological polar surface area (TPSA) is 51.8 Å². The van der Waals surface area contributed by atoms with Crippen LogP contribution in [0.25, 0.3) is 22.0 Å². The Morgan fingerprint density at radius 2 is 1.82 bits per heavy atom. The van der Waals surface area contributed by atoms with Crippen LogP contribution in [0.5, 0.6) is 0 Å². The van der Waals surface area contributed by atoms with Crippen LogP contribution in [0.3, 0.4) is 0 Å². The first-order valence-corrected chi connectivity index (χ1v) is 5.40. The van der Waals surface area contributed by atoms with E-state index in [-0.39, 0.29) is 0 Å². The van der Waals surface area contributed by atoms with Crippen molar-refractivity contribution in [1.82, 2.24) is 9.97 Å². The van der Waals surface area contributed by atoms with Crippen LogP contribution < -0.4 is 5.73 Å². The Morgan fingerprint density at radius 3 is 2.65 bits per heavy atom. The number of hydrogen-bond acceptors (Lipinski definition) is 3. The zero-order valence-electron chi connectivity index (χ0n) is 9.17. The summed E-state index contributed by atoms with van der Waals surface area (Å²) < 4.78 is 0. The van der Waals surface area contributed by atoms with Crippen molar-refractivity contribution >= 4 is 16.6 Å². The van der Waals surface area contributed by atoms with Gasteiger partial charge in [-0.15, -0.1) is 0 Å². The molecule has 2 heterocycles. The lowest BCUT2D eigenvalue weighted by atomic mass is 10.0. The van der Waals surface area contributed by atoms with Crippen molar-refractivity contribution in [2.24, 2.45) is 0 Å². The fourth-order valence-corrected chi connectivity index (χ4v) is 1.91. The lowest BCUT2D eigenvalue weighted by Crippen LogP contribution is -1.94. The number of nitrogens with zero attached hydrogens (tertiary/aromatic N) is 2. The predicted octanol–water partition coefficient (Wildman–Crippen LogP) is 2.88. The third-order valence-electron chi connectivity index (χ3n) is 2.79. The maximum absolute atomic E-state index is 6.18. The molecule has 0 atom stereocenters. The van der Waals surface area contributed by atoms with E-state index in [9.17, 15) is 0 Å². The van der Waals surface area contributed by atoms with E-state index >= 15 is 0 Å². The number of fused-ring (bicyclic) bond motifs is 1. The van der Waals surface area contributed by atoms with E-state index in [1.54, 1.807) is 18.6 Å². The number of anilines is 1. The molecule has 0 fully saturated rings.